The average Bonchev–Trinajstić information content (AvgIpc) is 2.93. The maximum Gasteiger partial charge on any atom is 0.0665 e. The predicted molar refractivity (Wildman–Crippen MR) is 79.0 cm³/mol. The Morgan fingerprint density at radius 1 is 1.24 bits per heavy atom. The smallest absolute Gasteiger partial charge is 0.0665 e. The van der Waals surface area contributed by atoms with Crippen molar-refractivity contribution in [2.24, 2.45) is 5.73 Å². The fourth-order valence-corrected chi connectivity index (χ4v) is 5.19. The van der Waals surface area contributed by atoms with Gasteiger partial charge in [0.15, 0.2) is 0 Å². The van der Waals surface area contributed by atoms with E-state index in [1.165, 1.54) is 41.7 Å². The minimum atomic E-state index is 0.0335. The van der Waals surface area contributed by atoms with Crippen LogP contribution in [0.4, 0.5) is 0 Å². The molecule has 1 aliphatic rings. The van der Waals surface area contributed by atoms with Crippen molar-refractivity contribution in [1.82, 2.24) is 0 Å². The summed E-state index contributed by atoms with van der Waals surface area (Å²) in [6.45, 7) is 0. The molecule has 3 rings (SSSR count). The summed E-state index contributed by atoms with van der Waals surface area (Å²) in [4.78, 5) is 2.88. The Hall–Kier alpha value is -0.160. The molecule has 0 fully saturated rings. The summed E-state index contributed by atoms with van der Waals surface area (Å²) in [6.07, 6.45) is 5.16. The normalized spacial score (nSPS) is 16.8. The van der Waals surface area contributed by atoms with Crippen molar-refractivity contribution in [3.63, 3.8) is 0 Å². The van der Waals surface area contributed by atoms with E-state index >= 15 is 0 Å². The van der Waals surface area contributed by atoms with Crippen LogP contribution in [0.2, 0.25) is 0 Å². The van der Waals surface area contributed by atoms with Crippen LogP contribution in [0, 0.1) is 0 Å². The van der Waals surface area contributed by atoms with Gasteiger partial charge in [0.25, 0.3) is 0 Å². The number of aryl methyl sites for hydroxylation is 2. The van der Waals surface area contributed by atoms with Crippen molar-refractivity contribution in [1.29, 1.82) is 0 Å². The van der Waals surface area contributed by atoms with E-state index in [0.29, 0.717) is 0 Å². The average molecular weight is 328 g/mol. The maximum absolute atomic E-state index is 6.36. The molecule has 0 aliphatic heterocycles. The molecule has 1 nitrogen and oxygen atoms in total. The van der Waals surface area contributed by atoms with Gasteiger partial charge in [-0.1, -0.05) is 0 Å². The minimum Gasteiger partial charge on any atom is -0.320 e. The highest BCUT2D eigenvalue weighted by Gasteiger charge is 2.19. The molecule has 4 heteroatoms. The van der Waals surface area contributed by atoms with Gasteiger partial charge in [-0.25, -0.2) is 0 Å². The highest BCUT2D eigenvalue weighted by atomic mass is 79.9. The lowest BCUT2D eigenvalue weighted by Gasteiger charge is -2.08. The van der Waals surface area contributed by atoms with E-state index in [2.05, 4.69) is 32.8 Å². The number of rotatable bonds is 2. The second-order valence-electron chi connectivity index (χ2n) is 4.46. The van der Waals surface area contributed by atoms with Gasteiger partial charge in [-0.05, 0) is 64.2 Å². The number of thiophene rings is 2. The molecule has 0 aromatic carbocycles. The predicted octanol–water partition coefficient (Wildman–Crippen LogP) is 4.50. The van der Waals surface area contributed by atoms with Gasteiger partial charge in [-0.15, -0.1) is 11.3 Å². The lowest BCUT2D eigenvalue weighted by atomic mass is 9.98. The van der Waals surface area contributed by atoms with Crippen molar-refractivity contribution >= 4 is 38.6 Å². The summed E-state index contributed by atoms with van der Waals surface area (Å²) in [5.74, 6) is 0. The maximum atomic E-state index is 6.36. The minimum absolute atomic E-state index is 0.0335. The van der Waals surface area contributed by atoms with Crippen molar-refractivity contribution in [2.45, 2.75) is 31.7 Å². The van der Waals surface area contributed by atoms with Crippen molar-refractivity contribution in [3.05, 3.63) is 42.2 Å². The summed E-state index contributed by atoms with van der Waals surface area (Å²) in [5.41, 5.74) is 9.12. The van der Waals surface area contributed by atoms with Crippen LogP contribution in [0.15, 0.2) is 21.3 Å². The van der Waals surface area contributed by atoms with E-state index in [4.69, 9.17) is 5.73 Å². The molecule has 2 N–H and O–H groups in total. The van der Waals surface area contributed by atoms with Gasteiger partial charge in [-0.2, -0.15) is 11.3 Å². The summed E-state index contributed by atoms with van der Waals surface area (Å²) in [5, 5.41) is 4.25. The van der Waals surface area contributed by atoms with Gasteiger partial charge >= 0.3 is 0 Å². The highest BCUT2D eigenvalue weighted by Crippen LogP contribution is 2.37. The second kappa shape index (κ2) is 4.84. The molecule has 0 bridgehead atoms. The highest BCUT2D eigenvalue weighted by molar-refractivity contribution is 9.10. The van der Waals surface area contributed by atoms with Crippen LogP contribution in [0.1, 0.15) is 39.8 Å². The molecule has 17 heavy (non-hydrogen) atoms. The van der Waals surface area contributed by atoms with E-state index in [0.717, 1.165) is 4.47 Å². The lowest BCUT2D eigenvalue weighted by molar-refractivity contribution is 0.696. The Balaban J connectivity index is 1.94. The number of fused-ring (bicyclic) bond motifs is 1. The van der Waals surface area contributed by atoms with Gasteiger partial charge in [0.2, 0.25) is 0 Å². The number of nitrogens with two attached hydrogens (primary N) is 1. The molecule has 1 atom stereocenters. The van der Waals surface area contributed by atoms with Crippen LogP contribution in [0.25, 0.3) is 0 Å². The van der Waals surface area contributed by atoms with Crippen LogP contribution in [-0.4, -0.2) is 0 Å². The van der Waals surface area contributed by atoms with Crippen LogP contribution < -0.4 is 5.73 Å². The van der Waals surface area contributed by atoms with Gasteiger partial charge in [0, 0.05) is 19.6 Å². The standard InChI is InChI=1S/C13H14BrNS2/c14-10-7-16-6-9(10)13(15)12-5-8-3-1-2-4-11(8)17-12/h5-7,13H,1-4,15H2. The monoisotopic (exact) mass is 327 g/mol. The third-order valence-electron chi connectivity index (χ3n) is 3.30. The van der Waals surface area contributed by atoms with Crippen LogP contribution in [0.5, 0.6) is 0 Å². The zero-order valence-electron chi connectivity index (χ0n) is 9.41. The van der Waals surface area contributed by atoms with Crippen molar-refractivity contribution in [3.8, 4) is 0 Å². The van der Waals surface area contributed by atoms with Crippen LogP contribution >= 0.6 is 38.6 Å². The second-order valence-corrected chi connectivity index (χ2v) is 7.22. The molecule has 2 heterocycles. The molecule has 1 unspecified atom stereocenters. The Morgan fingerprint density at radius 2 is 2.06 bits per heavy atom. The topological polar surface area (TPSA) is 26.0 Å². The first-order chi connectivity index (χ1) is 8.25. The number of hydrogen-bond donors (Lipinski definition) is 1. The number of hydrogen-bond acceptors (Lipinski definition) is 3. The van der Waals surface area contributed by atoms with E-state index in [1.54, 1.807) is 16.2 Å². The summed E-state index contributed by atoms with van der Waals surface area (Å²) in [7, 11) is 0. The molecule has 0 saturated carbocycles. The lowest BCUT2D eigenvalue weighted by Crippen LogP contribution is -2.09. The Kier molecular flexibility index (Phi) is 3.39. The molecule has 2 aromatic rings. The van der Waals surface area contributed by atoms with Crippen molar-refractivity contribution in [2.75, 3.05) is 0 Å². The first kappa shape index (κ1) is 11.9. The number of halogens is 1. The first-order valence-electron chi connectivity index (χ1n) is 5.84. The Labute approximate surface area is 118 Å². The van der Waals surface area contributed by atoms with Crippen molar-refractivity contribution < 1.29 is 0 Å². The first-order valence-corrected chi connectivity index (χ1v) is 8.39. The summed E-state index contributed by atoms with van der Waals surface area (Å²) >= 11 is 7.18. The summed E-state index contributed by atoms with van der Waals surface area (Å²) < 4.78 is 1.14. The third-order valence-corrected chi connectivity index (χ3v) is 6.37. The summed E-state index contributed by atoms with van der Waals surface area (Å²) in [6, 6.07) is 2.36. The van der Waals surface area contributed by atoms with Gasteiger partial charge in [0.05, 0.1) is 6.04 Å². The zero-order chi connectivity index (χ0) is 11.8. The molecular weight excluding hydrogens is 314 g/mol. The Bertz CT molecular complexity index is 506. The molecule has 1 aliphatic carbocycles. The van der Waals surface area contributed by atoms with Crippen LogP contribution in [-0.2, 0) is 12.8 Å². The van der Waals surface area contributed by atoms with Crippen LogP contribution in [0.3, 0.4) is 0 Å². The van der Waals surface area contributed by atoms with Gasteiger partial charge in [0.1, 0.15) is 0 Å². The van der Waals surface area contributed by atoms with E-state index in [-0.39, 0.29) is 6.04 Å². The molecule has 0 amide bonds. The molecule has 90 valence electrons. The fourth-order valence-electron chi connectivity index (χ4n) is 2.33. The van der Waals surface area contributed by atoms with E-state index in [9.17, 15) is 0 Å². The van der Waals surface area contributed by atoms with Gasteiger partial charge < -0.3 is 5.73 Å². The largest absolute Gasteiger partial charge is 0.320 e. The SMILES string of the molecule is NC(c1cc2c(s1)CCCC2)c1cscc1Br. The zero-order valence-corrected chi connectivity index (χ0v) is 12.6. The quantitative estimate of drug-likeness (QED) is 0.863. The fraction of sp³-hybridized carbons (Fsp3) is 0.385. The molecular formula is C13H14BrNS2. The third kappa shape index (κ3) is 2.24. The van der Waals surface area contributed by atoms with Gasteiger partial charge in [-0.3, -0.25) is 0 Å². The van der Waals surface area contributed by atoms with E-state index < -0.39 is 0 Å². The molecule has 0 radical (unpaired) electrons. The Morgan fingerprint density at radius 3 is 2.76 bits per heavy atom. The van der Waals surface area contributed by atoms with E-state index in [1.807, 2.05) is 11.3 Å². The molecule has 0 spiro atoms. The molecule has 0 saturated heterocycles. The molecule has 2 aromatic heterocycles.